The molecule has 4 aromatic rings. The Bertz CT molecular complexity index is 1840. The Balaban J connectivity index is 1.33. The van der Waals surface area contributed by atoms with Gasteiger partial charge < -0.3 is 24.2 Å². The number of benzene rings is 2. The van der Waals surface area contributed by atoms with Crippen LogP contribution in [0.2, 0.25) is 0 Å². The molecule has 0 bridgehead atoms. The zero-order chi connectivity index (χ0) is 30.4. The Morgan fingerprint density at radius 2 is 1.95 bits per heavy atom. The lowest BCUT2D eigenvalue weighted by molar-refractivity contribution is -0.0736. The van der Waals surface area contributed by atoms with E-state index >= 15 is 8.78 Å². The molecule has 4 aliphatic rings. The molecule has 3 saturated heterocycles. The quantitative estimate of drug-likeness (QED) is 0.339. The molecule has 2 aromatic carbocycles. The first-order valence-corrected chi connectivity index (χ1v) is 15.0. The van der Waals surface area contributed by atoms with E-state index in [1.165, 1.54) is 18.2 Å². The van der Waals surface area contributed by atoms with Crippen LogP contribution in [-0.4, -0.2) is 88.8 Å². The van der Waals surface area contributed by atoms with Crippen LogP contribution in [-0.2, 0) is 11.2 Å². The molecule has 2 aromatic heterocycles. The molecule has 0 aliphatic carbocycles. The van der Waals surface area contributed by atoms with Gasteiger partial charge in [-0.05, 0) is 60.3 Å². The van der Waals surface area contributed by atoms with Gasteiger partial charge in [-0.3, -0.25) is 4.90 Å². The molecule has 0 unspecified atom stereocenters. The number of pyridine rings is 1. The molecule has 0 radical (unpaired) electrons. The minimum atomic E-state index is -0.925. The molecule has 0 saturated carbocycles. The molecule has 230 valence electrons. The number of ether oxygens (including phenoxy) is 3. The van der Waals surface area contributed by atoms with E-state index in [9.17, 15) is 9.50 Å². The Morgan fingerprint density at radius 1 is 1.11 bits per heavy atom. The number of aromatic hydroxyl groups is 1. The van der Waals surface area contributed by atoms with Gasteiger partial charge in [-0.1, -0.05) is 13.0 Å². The number of aromatic nitrogens is 3. The number of nitrogens with zero attached hydrogens (tertiary/aromatic N) is 5. The van der Waals surface area contributed by atoms with E-state index in [2.05, 4.69) is 14.9 Å². The molecule has 6 heterocycles. The molecule has 0 amide bonds. The van der Waals surface area contributed by atoms with Crippen molar-refractivity contribution in [2.24, 2.45) is 0 Å². The van der Waals surface area contributed by atoms with Gasteiger partial charge in [0, 0.05) is 25.6 Å². The third kappa shape index (κ3) is 3.96. The summed E-state index contributed by atoms with van der Waals surface area (Å²) in [5.41, 5.74) is -0.609. The number of likely N-dealkylation sites (N-methyl/N-ethyl adjacent to an activating group) is 1. The summed E-state index contributed by atoms with van der Waals surface area (Å²) >= 11 is 0. The molecular weight excluding hydrogens is 575 g/mol. The van der Waals surface area contributed by atoms with Crippen LogP contribution in [0, 0.1) is 11.6 Å². The maximum Gasteiger partial charge on any atom is 0.319 e. The van der Waals surface area contributed by atoms with Crippen LogP contribution < -0.4 is 14.4 Å². The third-order valence-electron chi connectivity index (χ3n) is 9.95. The van der Waals surface area contributed by atoms with Gasteiger partial charge in [0.2, 0.25) is 5.88 Å². The number of aryl methyl sites for hydroxylation is 1. The van der Waals surface area contributed by atoms with Crippen LogP contribution in [0.4, 0.5) is 19.0 Å². The lowest BCUT2D eigenvalue weighted by atomic mass is 9.94. The van der Waals surface area contributed by atoms with E-state index in [0.29, 0.717) is 54.8 Å². The normalized spacial score (nSPS) is 24.0. The van der Waals surface area contributed by atoms with Crippen LogP contribution in [0.3, 0.4) is 0 Å². The summed E-state index contributed by atoms with van der Waals surface area (Å²) in [4.78, 5) is 18.0. The van der Waals surface area contributed by atoms with Crippen molar-refractivity contribution in [2.45, 2.75) is 49.9 Å². The summed E-state index contributed by atoms with van der Waals surface area (Å²) in [7, 11) is 1.85. The maximum absolute atomic E-state index is 16.9. The Hall–Kier alpha value is -3.90. The number of rotatable bonds is 5. The van der Waals surface area contributed by atoms with E-state index in [-0.39, 0.29) is 53.0 Å². The second-order valence-electron chi connectivity index (χ2n) is 12.5. The fourth-order valence-corrected chi connectivity index (χ4v) is 7.51. The SMILES string of the molecule is CCc1c(F)ccc2cc(O)cc(-c3nc4c5c(nc(OC[C@@]67CCCN6C[C@H](F)C7)nc5c3F)N(C)C3(COC3)CO4)c12. The number of fused-ring (bicyclic) bond motifs is 2. The molecule has 12 heteroatoms. The van der Waals surface area contributed by atoms with Gasteiger partial charge in [-0.15, -0.1) is 0 Å². The lowest BCUT2D eigenvalue weighted by Crippen LogP contribution is -2.64. The van der Waals surface area contributed by atoms with Crippen LogP contribution in [0.25, 0.3) is 32.9 Å². The van der Waals surface area contributed by atoms with Gasteiger partial charge in [-0.2, -0.15) is 9.97 Å². The fourth-order valence-electron chi connectivity index (χ4n) is 7.51. The van der Waals surface area contributed by atoms with Crippen LogP contribution in [0.5, 0.6) is 17.6 Å². The molecule has 9 nitrogen and oxygen atoms in total. The second kappa shape index (κ2) is 9.80. The number of hydrogen-bond acceptors (Lipinski definition) is 9. The Labute approximate surface area is 251 Å². The van der Waals surface area contributed by atoms with Crippen molar-refractivity contribution < 1.29 is 32.5 Å². The number of alkyl halides is 1. The summed E-state index contributed by atoms with van der Waals surface area (Å²) in [6.45, 7) is 4.13. The molecule has 1 spiro atoms. The monoisotopic (exact) mass is 607 g/mol. The third-order valence-corrected chi connectivity index (χ3v) is 9.95. The first kappa shape index (κ1) is 27.6. The summed E-state index contributed by atoms with van der Waals surface area (Å²) in [5.74, 6) is -0.820. The van der Waals surface area contributed by atoms with Crippen molar-refractivity contribution in [3.8, 4) is 28.9 Å². The lowest BCUT2D eigenvalue weighted by Gasteiger charge is -2.46. The molecule has 4 aliphatic heterocycles. The molecular formula is C32H32F3N5O4. The van der Waals surface area contributed by atoms with Gasteiger partial charge >= 0.3 is 6.01 Å². The average Bonchev–Trinajstić information content (AvgIpc) is 3.47. The maximum atomic E-state index is 16.9. The Morgan fingerprint density at radius 3 is 2.73 bits per heavy atom. The van der Waals surface area contributed by atoms with Crippen LogP contribution in [0.15, 0.2) is 24.3 Å². The van der Waals surface area contributed by atoms with Crippen molar-refractivity contribution in [1.82, 2.24) is 19.9 Å². The second-order valence-corrected chi connectivity index (χ2v) is 12.5. The highest BCUT2D eigenvalue weighted by atomic mass is 19.1. The molecule has 44 heavy (non-hydrogen) atoms. The molecule has 3 fully saturated rings. The van der Waals surface area contributed by atoms with E-state index in [1.807, 2.05) is 18.9 Å². The van der Waals surface area contributed by atoms with E-state index in [1.54, 1.807) is 6.07 Å². The summed E-state index contributed by atoms with van der Waals surface area (Å²) in [5, 5.41) is 11.9. The number of halogens is 3. The van der Waals surface area contributed by atoms with E-state index in [0.717, 1.165) is 19.4 Å². The van der Waals surface area contributed by atoms with Gasteiger partial charge in [0.1, 0.15) is 58.9 Å². The number of anilines is 1. The van der Waals surface area contributed by atoms with Crippen molar-refractivity contribution >= 4 is 27.5 Å². The zero-order valence-corrected chi connectivity index (χ0v) is 24.5. The minimum absolute atomic E-state index is 0.0387. The highest BCUT2D eigenvalue weighted by Gasteiger charge is 2.50. The first-order chi connectivity index (χ1) is 21.2. The topological polar surface area (TPSA) is 93.1 Å². The van der Waals surface area contributed by atoms with Gasteiger partial charge in [0.05, 0.1) is 18.8 Å². The molecule has 2 atom stereocenters. The molecule has 8 rings (SSSR count). The minimum Gasteiger partial charge on any atom is -0.508 e. The van der Waals surface area contributed by atoms with Gasteiger partial charge in [0.15, 0.2) is 5.82 Å². The average molecular weight is 608 g/mol. The molecule has 1 N–H and O–H groups in total. The summed E-state index contributed by atoms with van der Waals surface area (Å²) in [6, 6.07) is 5.75. The van der Waals surface area contributed by atoms with Crippen molar-refractivity contribution in [1.29, 1.82) is 0 Å². The van der Waals surface area contributed by atoms with Gasteiger partial charge in [-0.25, -0.2) is 18.2 Å². The van der Waals surface area contributed by atoms with Crippen LogP contribution in [0.1, 0.15) is 31.7 Å². The number of phenolic OH excluding ortho intramolecular Hbond substituents is 1. The summed E-state index contributed by atoms with van der Waals surface area (Å²) in [6.07, 6.45) is 1.54. The zero-order valence-electron chi connectivity index (χ0n) is 24.5. The predicted molar refractivity (Wildman–Crippen MR) is 157 cm³/mol. The van der Waals surface area contributed by atoms with E-state index in [4.69, 9.17) is 19.2 Å². The Kier molecular flexibility index (Phi) is 6.16. The van der Waals surface area contributed by atoms with Gasteiger partial charge in [0.25, 0.3) is 0 Å². The largest absolute Gasteiger partial charge is 0.508 e. The smallest absolute Gasteiger partial charge is 0.319 e. The standard InChI is InChI=1S/C32H32F3N5O4/c1-3-20-22(34)6-5-17-9-19(41)10-21(23(17)20)26-25(35)27-24-28(39(2)32(13-42-14-32)16-43-29(24)36-26)38-30(37-27)44-15-31-7-4-8-40(31)12-18(33)11-31/h5-6,9-10,18,41H,3-4,7-8,11-16H2,1-2H3/t18-,31+/m1/s1. The number of hydrogen-bond donors (Lipinski definition) is 1. The highest BCUT2D eigenvalue weighted by molar-refractivity contribution is 6.03. The fraction of sp³-hybridized carbons (Fsp3) is 0.469. The predicted octanol–water partition coefficient (Wildman–Crippen LogP) is 4.94. The van der Waals surface area contributed by atoms with Crippen molar-refractivity contribution in [3.05, 3.63) is 41.5 Å². The van der Waals surface area contributed by atoms with Crippen molar-refractivity contribution in [2.75, 3.05) is 51.5 Å². The highest BCUT2D eigenvalue weighted by Crippen LogP contribution is 2.46. The van der Waals surface area contributed by atoms with E-state index < -0.39 is 28.9 Å². The number of phenols is 1. The van der Waals surface area contributed by atoms with Crippen molar-refractivity contribution in [3.63, 3.8) is 0 Å². The van der Waals surface area contributed by atoms with Crippen LogP contribution >= 0.6 is 0 Å². The summed E-state index contributed by atoms with van der Waals surface area (Å²) < 4.78 is 64.3. The first-order valence-electron chi connectivity index (χ1n) is 15.0.